The molecule has 0 atom stereocenters. The Morgan fingerprint density at radius 2 is 2.21 bits per heavy atom. The summed E-state index contributed by atoms with van der Waals surface area (Å²) in [7, 11) is 0. The van der Waals surface area contributed by atoms with Crippen LogP contribution in [-0.4, -0.2) is 20.9 Å². The lowest BCUT2D eigenvalue weighted by molar-refractivity contribution is -0.138. The third kappa shape index (κ3) is 2.75. The average molecular weight is 208 g/mol. The zero-order chi connectivity index (χ0) is 10.8. The summed E-state index contributed by atoms with van der Waals surface area (Å²) < 4.78 is 37.0. The van der Waals surface area contributed by atoms with Gasteiger partial charge in [-0.1, -0.05) is 0 Å². The molecule has 78 valence electrons. The van der Waals surface area contributed by atoms with E-state index in [4.69, 9.17) is 5.11 Å². The van der Waals surface area contributed by atoms with Gasteiger partial charge in [-0.2, -0.15) is 18.3 Å². The van der Waals surface area contributed by atoms with Gasteiger partial charge in [0.2, 0.25) is 0 Å². The molecule has 0 aliphatic rings. The lowest BCUT2D eigenvalue weighted by atomic mass is 10.3. The Balaban J connectivity index is 2.64. The van der Waals surface area contributed by atoms with Gasteiger partial charge >= 0.3 is 12.1 Å². The summed E-state index contributed by atoms with van der Waals surface area (Å²) in [5, 5.41) is 11.7. The van der Waals surface area contributed by atoms with Gasteiger partial charge in [0.25, 0.3) is 0 Å². The Labute approximate surface area is 77.0 Å². The van der Waals surface area contributed by atoms with E-state index in [-0.39, 0.29) is 13.0 Å². The summed E-state index contributed by atoms with van der Waals surface area (Å²) in [5.74, 6) is -1.07. The molecule has 0 spiro atoms. The Morgan fingerprint density at radius 1 is 1.57 bits per heavy atom. The van der Waals surface area contributed by atoms with E-state index < -0.39 is 17.7 Å². The van der Waals surface area contributed by atoms with Gasteiger partial charge < -0.3 is 5.11 Å². The number of hydrogen-bond donors (Lipinski definition) is 1. The van der Waals surface area contributed by atoms with E-state index in [0.717, 1.165) is 10.9 Å². The third-order valence-electron chi connectivity index (χ3n) is 1.52. The van der Waals surface area contributed by atoms with Crippen molar-refractivity contribution in [2.75, 3.05) is 0 Å². The second-order valence-electron chi connectivity index (χ2n) is 2.63. The Kier molecular flexibility index (Phi) is 2.78. The van der Waals surface area contributed by atoms with Gasteiger partial charge in [0.15, 0.2) is 0 Å². The van der Waals surface area contributed by atoms with Crippen molar-refractivity contribution in [1.82, 2.24) is 9.78 Å². The first-order valence-corrected chi connectivity index (χ1v) is 3.71. The highest BCUT2D eigenvalue weighted by molar-refractivity contribution is 5.66. The fourth-order valence-corrected chi connectivity index (χ4v) is 0.842. The van der Waals surface area contributed by atoms with Crippen molar-refractivity contribution in [3.8, 4) is 0 Å². The van der Waals surface area contributed by atoms with E-state index in [1.807, 2.05) is 0 Å². The maximum absolute atomic E-state index is 12.0. The normalized spacial score (nSPS) is 11.6. The van der Waals surface area contributed by atoms with Gasteiger partial charge in [0, 0.05) is 6.20 Å². The number of hydrogen-bond acceptors (Lipinski definition) is 2. The lowest BCUT2D eigenvalue weighted by Crippen LogP contribution is -2.06. The molecule has 0 saturated heterocycles. The van der Waals surface area contributed by atoms with Gasteiger partial charge in [-0.3, -0.25) is 9.48 Å². The molecule has 0 unspecified atom stereocenters. The Hall–Kier alpha value is -1.53. The molecule has 14 heavy (non-hydrogen) atoms. The highest BCUT2D eigenvalue weighted by Crippen LogP contribution is 2.28. The van der Waals surface area contributed by atoms with Gasteiger partial charge in [-0.15, -0.1) is 0 Å². The van der Waals surface area contributed by atoms with Crippen LogP contribution in [0.25, 0.3) is 0 Å². The number of carboxylic acid groups (broad SMARTS) is 1. The van der Waals surface area contributed by atoms with Crippen LogP contribution in [0.1, 0.15) is 12.0 Å². The largest absolute Gasteiger partial charge is 0.481 e. The van der Waals surface area contributed by atoms with Crippen LogP contribution in [0.5, 0.6) is 0 Å². The molecule has 1 heterocycles. The quantitative estimate of drug-likeness (QED) is 0.816. The van der Waals surface area contributed by atoms with E-state index in [9.17, 15) is 18.0 Å². The lowest BCUT2D eigenvalue weighted by Gasteiger charge is -2.00. The molecule has 0 fully saturated rings. The van der Waals surface area contributed by atoms with Crippen LogP contribution in [0.3, 0.4) is 0 Å². The minimum atomic E-state index is -4.43. The van der Waals surface area contributed by atoms with Crippen LogP contribution >= 0.6 is 0 Å². The fourth-order valence-electron chi connectivity index (χ4n) is 0.842. The number of rotatable bonds is 3. The second kappa shape index (κ2) is 3.69. The second-order valence-corrected chi connectivity index (χ2v) is 2.63. The number of aryl methyl sites for hydroxylation is 1. The molecule has 0 aromatic carbocycles. The standard InChI is InChI=1S/C7H7F3N2O2/c8-7(9,10)5-3-11-12(4-5)2-1-6(13)14/h3-4H,1-2H2,(H,13,14). The molecule has 1 N–H and O–H groups in total. The first-order valence-electron chi connectivity index (χ1n) is 3.71. The molecular weight excluding hydrogens is 201 g/mol. The maximum atomic E-state index is 12.0. The molecule has 4 nitrogen and oxygen atoms in total. The number of aliphatic carboxylic acids is 1. The van der Waals surface area contributed by atoms with Crippen LogP contribution in [0, 0.1) is 0 Å². The van der Waals surface area contributed by atoms with Crippen molar-refractivity contribution in [2.45, 2.75) is 19.1 Å². The molecule has 1 aromatic rings. The van der Waals surface area contributed by atoms with Crippen LogP contribution in [0.4, 0.5) is 13.2 Å². The SMILES string of the molecule is O=C(O)CCn1cc(C(F)(F)F)cn1. The van der Waals surface area contributed by atoms with Gasteiger partial charge in [-0.25, -0.2) is 0 Å². The Morgan fingerprint density at radius 3 is 2.64 bits per heavy atom. The molecule has 0 amide bonds. The minimum absolute atomic E-state index is 0.0641. The summed E-state index contributed by atoms with van der Waals surface area (Å²) >= 11 is 0. The maximum Gasteiger partial charge on any atom is 0.419 e. The highest BCUT2D eigenvalue weighted by Gasteiger charge is 2.32. The van der Waals surface area contributed by atoms with Crippen LogP contribution in [0.15, 0.2) is 12.4 Å². The van der Waals surface area contributed by atoms with Crippen molar-refractivity contribution >= 4 is 5.97 Å². The number of carboxylic acids is 1. The molecular formula is C7H7F3N2O2. The summed E-state index contributed by atoms with van der Waals surface area (Å²) in [6.45, 7) is -0.0641. The van der Waals surface area contributed by atoms with Crippen molar-refractivity contribution in [3.05, 3.63) is 18.0 Å². The molecule has 1 aromatic heterocycles. The van der Waals surface area contributed by atoms with Crippen molar-refractivity contribution in [2.24, 2.45) is 0 Å². The van der Waals surface area contributed by atoms with E-state index in [1.165, 1.54) is 0 Å². The number of halogens is 3. The summed E-state index contributed by atoms with van der Waals surface area (Å²) in [5.41, 5.74) is -0.872. The smallest absolute Gasteiger partial charge is 0.419 e. The predicted molar refractivity (Wildman–Crippen MR) is 39.5 cm³/mol. The van der Waals surface area contributed by atoms with Crippen LogP contribution in [0.2, 0.25) is 0 Å². The number of alkyl halides is 3. The molecule has 1 rings (SSSR count). The molecule has 0 bridgehead atoms. The first-order chi connectivity index (χ1) is 6.39. The van der Waals surface area contributed by atoms with Gasteiger partial charge in [0.1, 0.15) is 0 Å². The Bertz CT molecular complexity index is 332. The summed E-state index contributed by atoms with van der Waals surface area (Å²) in [6, 6.07) is 0. The monoisotopic (exact) mass is 208 g/mol. The van der Waals surface area contributed by atoms with Gasteiger partial charge in [0.05, 0.1) is 24.7 Å². The topological polar surface area (TPSA) is 55.1 Å². The van der Waals surface area contributed by atoms with Crippen molar-refractivity contribution in [1.29, 1.82) is 0 Å². The zero-order valence-electron chi connectivity index (χ0n) is 6.95. The van der Waals surface area contributed by atoms with Crippen molar-refractivity contribution < 1.29 is 23.1 Å². The highest BCUT2D eigenvalue weighted by atomic mass is 19.4. The average Bonchev–Trinajstić information content (AvgIpc) is 2.47. The molecule has 7 heteroatoms. The molecule has 0 aliphatic heterocycles. The molecule has 0 saturated carbocycles. The van der Waals surface area contributed by atoms with E-state index in [0.29, 0.717) is 6.20 Å². The number of nitrogens with zero attached hydrogens (tertiary/aromatic N) is 2. The summed E-state index contributed by atoms with van der Waals surface area (Å²) in [4.78, 5) is 10.1. The predicted octanol–water partition coefficient (Wildman–Crippen LogP) is 1.38. The van der Waals surface area contributed by atoms with Gasteiger partial charge in [-0.05, 0) is 0 Å². The number of aromatic nitrogens is 2. The zero-order valence-corrected chi connectivity index (χ0v) is 6.95. The summed E-state index contributed by atoms with van der Waals surface area (Å²) in [6.07, 6.45) is -3.23. The van der Waals surface area contributed by atoms with E-state index in [1.54, 1.807) is 0 Å². The fraction of sp³-hybridized carbons (Fsp3) is 0.429. The van der Waals surface area contributed by atoms with Crippen molar-refractivity contribution in [3.63, 3.8) is 0 Å². The van der Waals surface area contributed by atoms with E-state index in [2.05, 4.69) is 5.10 Å². The van der Waals surface area contributed by atoms with Crippen LogP contribution < -0.4 is 0 Å². The first kappa shape index (κ1) is 10.6. The van der Waals surface area contributed by atoms with Crippen LogP contribution in [-0.2, 0) is 17.5 Å². The van der Waals surface area contributed by atoms with E-state index >= 15 is 0 Å². The number of carbonyl (C=O) groups is 1. The third-order valence-corrected chi connectivity index (χ3v) is 1.52. The molecule has 0 aliphatic carbocycles. The minimum Gasteiger partial charge on any atom is -0.481 e. The molecule has 0 radical (unpaired) electrons.